The Bertz CT molecular complexity index is 1360. The number of ether oxygens (including phenoxy) is 2. The lowest BCUT2D eigenvalue weighted by atomic mass is 10.1. The highest BCUT2D eigenvalue weighted by molar-refractivity contribution is 6.30. The van der Waals surface area contributed by atoms with Gasteiger partial charge in [0.05, 0.1) is 19.2 Å². The lowest BCUT2D eigenvalue weighted by Crippen LogP contribution is -2.30. The molecular formula is C25H19ClN2O7. The van der Waals surface area contributed by atoms with Gasteiger partial charge in [-0.15, -0.1) is 0 Å². The molecule has 3 amide bonds. The molecule has 1 aliphatic heterocycles. The van der Waals surface area contributed by atoms with Gasteiger partial charge in [-0.3, -0.25) is 9.69 Å². The van der Waals surface area contributed by atoms with E-state index in [9.17, 15) is 19.2 Å². The quantitative estimate of drug-likeness (QED) is 0.234. The van der Waals surface area contributed by atoms with Crippen molar-refractivity contribution in [3.05, 3.63) is 93.5 Å². The first-order valence-corrected chi connectivity index (χ1v) is 10.7. The Morgan fingerprint density at radius 3 is 2.51 bits per heavy atom. The number of urea groups is 1. The van der Waals surface area contributed by atoms with Crippen LogP contribution in [0.3, 0.4) is 0 Å². The topological polar surface area (TPSA) is 115 Å². The van der Waals surface area contributed by atoms with E-state index in [-0.39, 0.29) is 29.5 Å². The molecule has 0 bridgehead atoms. The molecule has 0 spiro atoms. The molecule has 10 heteroatoms. The molecule has 1 saturated heterocycles. The Balaban J connectivity index is 1.55. The van der Waals surface area contributed by atoms with Gasteiger partial charge in [0.15, 0.2) is 0 Å². The number of furan rings is 1. The summed E-state index contributed by atoms with van der Waals surface area (Å²) in [7, 11) is 1.21. The van der Waals surface area contributed by atoms with Crippen LogP contribution < -0.4 is 10.1 Å². The third-order valence-electron chi connectivity index (χ3n) is 5.09. The Kier molecular flexibility index (Phi) is 6.70. The van der Waals surface area contributed by atoms with Crippen molar-refractivity contribution in [3.8, 4) is 5.75 Å². The summed E-state index contributed by atoms with van der Waals surface area (Å²) in [6.07, 6.45) is 1.37. The fourth-order valence-electron chi connectivity index (χ4n) is 3.27. The number of hydrogen-bond acceptors (Lipinski definition) is 7. The maximum absolute atomic E-state index is 12.9. The summed E-state index contributed by atoms with van der Waals surface area (Å²) in [6.45, 7) is 1.70. The molecule has 3 aromatic rings. The Morgan fingerprint density at radius 2 is 1.80 bits per heavy atom. The highest BCUT2D eigenvalue weighted by Gasteiger charge is 2.34. The lowest BCUT2D eigenvalue weighted by Gasteiger charge is -2.10. The van der Waals surface area contributed by atoms with Crippen LogP contribution in [0.15, 0.2) is 64.7 Å². The van der Waals surface area contributed by atoms with Crippen LogP contribution in [0.5, 0.6) is 5.75 Å². The normalized spacial score (nSPS) is 14.3. The van der Waals surface area contributed by atoms with Crippen LogP contribution in [-0.4, -0.2) is 35.9 Å². The third kappa shape index (κ3) is 5.25. The van der Waals surface area contributed by atoms with Crippen molar-refractivity contribution in [2.24, 2.45) is 0 Å². The maximum atomic E-state index is 12.9. The molecule has 0 unspecified atom stereocenters. The number of hydrogen-bond donors (Lipinski definition) is 1. The molecule has 2 heterocycles. The molecule has 1 aliphatic rings. The van der Waals surface area contributed by atoms with Gasteiger partial charge in [0.25, 0.3) is 5.91 Å². The first-order valence-electron chi connectivity index (χ1n) is 10.3. The first-order chi connectivity index (χ1) is 16.7. The van der Waals surface area contributed by atoms with E-state index in [1.54, 1.807) is 30.3 Å². The van der Waals surface area contributed by atoms with Crippen LogP contribution in [0.4, 0.5) is 4.79 Å². The second kappa shape index (κ2) is 9.86. The maximum Gasteiger partial charge on any atom is 0.373 e. The molecule has 1 N–H and O–H groups in total. The summed E-state index contributed by atoms with van der Waals surface area (Å²) in [5, 5.41) is 2.82. The molecular weight excluding hydrogens is 476 g/mol. The number of benzene rings is 2. The molecule has 0 aliphatic carbocycles. The second-order valence-corrected chi connectivity index (χ2v) is 8.01. The first kappa shape index (κ1) is 23.8. The monoisotopic (exact) mass is 494 g/mol. The average Bonchev–Trinajstić information content (AvgIpc) is 3.41. The number of rotatable bonds is 6. The number of halogens is 1. The summed E-state index contributed by atoms with van der Waals surface area (Å²) in [5.41, 5.74) is 1.61. The third-order valence-corrected chi connectivity index (χ3v) is 5.32. The van der Waals surface area contributed by atoms with Gasteiger partial charge < -0.3 is 19.2 Å². The number of nitrogens with zero attached hydrogens (tertiary/aromatic N) is 1. The molecule has 0 saturated carbocycles. The molecule has 1 aromatic heterocycles. The Hall–Kier alpha value is -4.37. The summed E-state index contributed by atoms with van der Waals surface area (Å²) in [5.74, 6) is -1.59. The van der Waals surface area contributed by atoms with Crippen LogP contribution in [0.25, 0.3) is 6.08 Å². The number of esters is 2. The molecule has 4 rings (SSSR count). The minimum absolute atomic E-state index is 0.0513. The van der Waals surface area contributed by atoms with E-state index in [1.165, 1.54) is 37.5 Å². The van der Waals surface area contributed by atoms with Crippen molar-refractivity contribution in [1.29, 1.82) is 0 Å². The number of amides is 3. The molecule has 0 radical (unpaired) electrons. The largest absolute Gasteiger partial charge is 0.463 e. The van der Waals surface area contributed by atoms with Gasteiger partial charge in [0, 0.05) is 10.6 Å². The zero-order chi connectivity index (χ0) is 25.1. The van der Waals surface area contributed by atoms with Crippen molar-refractivity contribution >= 4 is 41.6 Å². The average molecular weight is 495 g/mol. The van der Waals surface area contributed by atoms with E-state index in [2.05, 4.69) is 10.1 Å². The van der Waals surface area contributed by atoms with Gasteiger partial charge >= 0.3 is 18.0 Å². The van der Waals surface area contributed by atoms with E-state index in [4.69, 9.17) is 20.8 Å². The fourth-order valence-corrected chi connectivity index (χ4v) is 3.45. The summed E-state index contributed by atoms with van der Waals surface area (Å²) in [4.78, 5) is 50.4. The number of aryl methyl sites for hydroxylation is 1. The smallest absolute Gasteiger partial charge is 0.373 e. The van der Waals surface area contributed by atoms with Crippen molar-refractivity contribution in [2.45, 2.75) is 13.5 Å². The molecule has 2 aromatic carbocycles. The number of methoxy groups -OCH3 is 1. The number of carbonyl (C=O) groups excluding carboxylic acids is 4. The highest BCUT2D eigenvalue weighted by Crippen LogP contribution is 2.28. The number of carbonyl (C=O) groups is 4. The van der Waals surface area contributed by atoms with Crippen LogP contribution in [0, 0.1) is 6.92 Å². The minimum Gasteiger partial charge on any atom is -0.463 e. The predicted molar refractivity (Wildman–Crippen MR) is 125 cm³/mol. The SMILES string of the molecule is COC(=O)c1ccc(CN2C(=O)NC(=Cc3cc(Cl)ccc3OC(=O)c3ccc(C)cc3)C2=O)o1. The zero-order valence-corrected chi connectivity index (χ0v) is 19.4. The molecule has 35 heavy (non-hydrogen) atoms. The fraction of sp³-hybridized carbons (Fsp3) is 0.120. The van der Waals surface area contributed by atoms with E-state index >= 15 is 0 Å². The van der Waals surface area contributed by atoms with Crippen LogP contribution in [0.2, 0.25) is 5.02 Å². The van der Waals surface area contributed by atoms with Gasteiger partial charge in [-0.2, -0.15) is 0 Å². The summed E-state index contributed by atoms with van der Waals surface area (Å²) >= 11 is 6.11. The van der Waals surface area contributed by atoms with Crippen molar-refractivity contribution in [1.82, 2.24) is 10.2 Å². The van der Waals surface area contributed by atoms with E-state index in [1.807, 2.05) is 6.92 Å². The van der Waals surface area contributed by atoms with Gasteiger partial charge in [-0.25, -0.2) is 14.4 Å². The summed E-state index contributed by atoms with van der Waals surface area (Å²) < 4.78 is 15.4. The second-order valence-electron chi connectivity index (χ2n) is 7.57. The van der Waals surface area contributed by atoms with Crippen molar-refractivity contribution < 1.29 is 33.1 Å². The van der Waals surface area contributed by atoms with Gasteiger partial charge in [0.2, 0.25) is 5.76 Å². The van der Waals surface area contributed by atoms with Crippen molar-refractivity contribution in [3.63, 3.8) is 0 Å². The van der Waals surface area contributed by atoms with Crippen LogP contribution in [-0.2, 0) is 16.1 Å². The van der Waals surface area contributed by atoms with E-state index < -0.39 is 23.9 Å². The van der Waals surface area contributed by atoms with E-state index in [0.29, 0.717) is 16.1 Å². The lowest BCUT2D eigenvalue weighted by molar-refractivity contribution is -0.123. The number of nitrogens with one attached hydrogen (secondary N) is 1. The van der Waals surface area contributed by atoms with Crippen molar-refractivity contribution in [2.75, 3.05) is 7.11 Å². The Morgan fingerprint density at radius 1 is 1.06 bits per heavy atom. The molecule has 0 atom stereocenters. The predicted octanol–water partition coefficient (Wildman–Crippen LogP) is 4.34. The van der Waals surface area contributed by atoms with Gasteiger partial charge in [-0.1, -0.05) is 29.3 Å². The van der Waals surface area contributed by atoms with Gasteiger partial charge in [-0.05, 0) is 55.5 Å². The molecule has 178 valence electrons. The minimum atomic E-state index is -0.683. The summed E-state index contributed by atoms with van der Waals surface area (Å²) in [6, 6.07) is 13.6. The standard InChI is InChI=1S/C25H19ClN2O7/c1-14-3-5-15(6-4-14)23(30)35-20-9-7-17(26)11-16(20)12-19-22(29)28(25(32)27-19)13-18-8-10-21(34-18)24(31)33-2/h3-12H,13H2,1-2H3,(H,27,32). The number of imide groups is 1. The Labute approximate surface area is 204 Å². The van der Waals surface area contributed by atoms with E-state index in [0.717, 1.165) is 10.5 Å². The molecule has 9 nitrogen and oxygen atoms in total. The van der Waals surface area contributed by atoms with Crippen LogP contribution >= 0.6 is 11.6 Å². The molecule has 1 fully saturated rings. The highest BCUT2D eigenvalue weighted by atomic mass is 35.5. The zero-order valence-electron chi connectivity index (χ0n) is 18.7. The van der Waals surface area contributed by atoms with Gasteiger partial charge in [0.1, 0.15) is 17.2 Å². The van der Waals surface area contributed by atoms with Crippen LogP contribution in [0.1, 0.15) is 37.8 Å².